The van der Waals surface area contributed by atoms with Crippen LogP contribution in [0.5, 0.6) is 0 Å². The fraction of sp³-hybridized carbons (Fsp3) is 0.273. The third kappa shape index (κ3) is 3.08. The van der Waals surface area contributed by atoms with Crippen LogP contribution in [0.3, 0.4) is 0 Å². The van der Waals surface area contributed by atoms with E-state index >= 15 is 0 Å². The molecule has 4 heteroatoms. The van der Waals surface area contributed by atoms with Crippen LogP contribution in [0.1, 0.15) is 22.8 Å². The summed E-state index contributed by atoms with van der Waals surface area (Å²) in [4.78, 5) is 12.3. The van der Waals surface area contributed by atoms with Crippen molar-refractivity contribution in [2.24, 2.45) is 0 Å². The lowest BCUT2D eigenvalue weighted by atomic mass is 10.0. The third-order valence-corrected chi connectivity index (χ3v) is 2.68. The van der Waals surface area contributed by atoms with Gasteiger partial charge < -0.3 is 0 Å². The summed E-state index contributed by atoms with van der Waals surface area (Å²) in [5, 5.41) is 8.64. The van der Waals surface area contributed by atoms with E-state index in [4.69, 9.17) is 5.26 Å². The molecule has 0 saturated heterocycles. The number of thiol groups is 1. The second-order valence-corrected chi connectivity index (χ2v) is 5.05. The first kappa shape index (κ1) is 12.3. The van der Waals surface area contributed by atoms with Crippen LogP contribution in [0.2, 0.25) is 0 Å². The van der Waals surface area contributed by atoms with Crippen LogP contribution in [0.15, 0.2) is 23.1 Å². The topological polar surface area (TPSA) is 40.9 Å². The van der Waals surface area contributed by atoms with Gasteiger partial charge in [0.25, 0.3) is 0 Å². The maximum atomic E-state index is 11.8. The molecule has 1 unspecified atom stereocenters. The van der Waals surface area contributed by atoms with Crippen molar-refractivity contribution in [2.75, 3.05) is 0 Å². The number of hydrogen-bond donors (Lipinski definition) is 1. The molecule has 1 rings (SSSR count). The Labute approximate surface area is 103 Å². The van der Waals surface area contributed by atoms with E-state index in [-0.39, 0.29) is 17.0 Å². The molecular formula is C11H10BrNOS. The minimum atomic E-state index is -0.245. The molecule has 0 amide bonds. The predicted molar refractivity (Wildman–Crippen MR) is 65.7 cm³/mol. The number of nitrogens with zero attached hydrogens (tertiary/aromatic N) is 1. The van der Waals surface area contributed by atoms with Gasteiger partial charge in [-0.15, -0.1) is 12.6 Å². The van der Waals surface area contributed by atoms with Gasteiger partial charge in [-0.05, 0) is 24.6 Å². The molecule has 0 radical (unpaired) electrons. The molecule has 1 aromatic rings. The first-order valence-electron chi connectivity index (χ1n) is 4.43. The number of Topliss-reactive ketones (excluding diaryl/α,β-unsaturated/α-hetero) is 1. The van der Waals surface area contributed by atoms with E-state index in [0.717, 1.165) is 10.5 Å². The Bertz CT molecular complexity index is 423. The van der Waals surface area contributed by atoms with Crippen molar-refractivity contribution in [1.82, 2.24) is 0 Å². The number of nitriles is 1. The number of carbonyl (C=O) groups excluding carboxylic acids is 1. The van der Waals surface area contributed by atoms with E-state index in [1.807, 2.05) is 6.07 Å². The lowest BCUT2D eigenvalue weighted by Gasteiger charge is -2.08. The van der Waals surface area contributed by atoms with Gasteiger partial charge in [0.1, 0.15) is 0 Å². The van der Waals surface area contributed by atoms with E-state index in [1.54, 1.807) is 25.1 Å². The predicted octanol–water partition coefficient (Wildman–Crippen LogP) is 3.01. The van der Waals surface area contributed by atoms with Crippen LogP contribution >= 0.6 is 28.6 Å². The van der Waals surface area contributed by atoms with Crippen LogP contribution in [0.25, 0.3) is 0 Å². The number of alkyl halides is 1. The summed E-state index contributed by atoms with van der Waals surface area (Å²) in [5.74, 6) is -0.0175. The normalized spacial score (nSPS) is 11.9. The third-order valence-electron chi connectivity index (χ3n) is 1.99. The van der Waals surface area contributed by atoms with Crippen LogP contribution < -0.4 is 0 Å². The van der Waals surface area contributed by atoms with Gasteiger partial charge in [-0.1, -0.05) is 22.0 Å². The Morgan fingerprint density at radius 3 is 2.87 bits per heavy atom. The molecule has 0 aliphatic heterocycles. The molecule has 1 atom stereocenters. The number of rotatable bonds is 3. The van der Waals surface area contributed by atoms with E-state index in [0.29, 0.717) is 5.56 Å². The molecule has 0 saturated carbocycles. The molecule has 0 aliphatic rings. The van der Waals surface area contributed by atoms with Crippen LogP contribution in [-0.2, 0) is 6.42 Å². The monoisotopic (exact) mass is 283 g/mol. The average Bonchev–Trinajstić information content (AvgIpc) is 2.20. The van der Waals surface area contributed by atoms with Crippen molar-refractivity contribution < 1.29 is 4.79 Å². The Morgan fingerprint density at radius 1 is 1.67 bits per heavy atom. The molecule has 2 nitrogen and oxygen atoms in total. The van der Waals surface area contributed by atoms with Crippen LogP contribution in [0, 0.1) is 11.3 Å². The molecule has 15 heavy (non-hydrogen) atoms. The zero-order chi connectivity index (χ0) is 11.4. The van der Waals surface area contributed by atoms with Crippen molar-refractivity contribution in [3.63, 3.8) is 0 Å². The summed E-state index contributed by atoms with van der Waals surface area (Å²) in [7, 11) is 0. The van der Waals surface area contributed by atoms with Gasteiger partial charge in [0.2, 0.25) is 0 Å². The molecule has 0 aliphatic carbocycles. The summed E-state index contributed by atoms with van der Waals surface area (Å²) in [5.41, 5.74) is 1.33. The van der Waals surface area contributed by atoms with E-state index < -0.39 is 0 Å². The standard InChI is InChI=1S/C11H10BrNOS/c1-7(12)11(14)10-6-9(15)3-2-8(10)4-5-13/h2-3,6-7,15H,4H2,1H3. The second-order valence-electron chi connectivity index (χ2n) is 3.16. The van der Waals surface area contributed by atoms with Gasteiger partial charge in [-0.2, -0.15) is 5.26 Å². The first-order valence-corrected chi connectivity index (χ1v) is 5.79. The van der Waals surface area contributed by atoms with Gasteiger partial charge in [-0.3, -0.25) is 4.79 Å². The SMILES string of the molecule is CC(Br)C(=O)c1cc(S)ccc1CC#N. The Hall–Kier alpha value is -0.790. The van der Waals surface area contributed by atoms with E-state index in [1.165, 1.54) is 0 Å². The molecule has 1 aromatic carbocycles. The van der Waals surface area contributed by atoms with E-state index in [2.05, 4.69) is 28.6 Å². The number of ketones is 1. The van der Waals surface area contributed by atoms with Crippen LogP contribution in [0.4, 0.5) is 0 Å². The highest BCUT2D eigenvalue weighted by Crippen LogP contribution is 2.19. The highest BCUT2D eigenvalue weighted by Gasteiger charge is 2.15. The summed E-state index contributed by atoms with van der Waals surface area (Å²) in [6.07, 6.45) is 0.245. The van der Waals surface area contributed by atoms with Gasteiger partial charge in [0, 0.05) is 10.5 Å². The minimum absolute atomic E-state index is 0.0175. The Balaban J connectivity index is 3.19. The van der Waals surface area contributed by atoms with Crippen molar-refractivity contribution >= 4 is 34.3 Å². The molecule has 0 bridgehead atoms. The number of carbonyl (C=O) groups is 1. The molecule has 0 heterocycles. The fourth-order valence-corrected chi connectivity index (χ4v) is 1.70. The maximum Gasteiger partial charge on any atom is 0.176 e. The first-order chi connectivity index (χ1) is 7.06. The molecule has 0 spiro atoms. The van der Waals surface area contributed by atoms with Crippen LogP contribution in [-0.4, -0.2) is 10.6 Å². The molecule has 0 N–H and O–H groups in total. The van der Waals surface area contributed by atoms with Crippen molar-refractivity contribution in [2.45, 2.75) is 23.1 Å². The number of hydrogen-bond acceptors (Lipinski definition) is 3. The zero-order valence-electron chi connectivity index (χ0n) is 8.20. The average molecular weight is 284 g/mol. The largest absolute Gasteiger partial charge is 0.293 e. The molecule has 0 fully saturated rings. The Morgan fingerprint density at radius 2 is 2.33 bits per heavy atom. The summed E-state index contributed by atoms with van der Waals surface area (Å²) in [6.45, 7) is 1.77. The van der Waals surface area contributed by atoms with Crippen molar-refractivity contribution in [3.8, 4) is 6.07 Å². The van der Waals surface area contributed by atoms with Crippen molar-refractivity contribution in [1.29, 1.82) is 5.26 Å². The lowest BCUT2D eigenvalue weighted by molar-refractivity contribution is 0.0995. The Kier molecular flexibility index (Phi) is 4.37. The van der Waals surface area contributed by atoms with Gasteiger partial charge in [0.15, 0.2) is 5.78 Å². The zero-order valence-corrected chi connectivity index (χ0v) is 10.7. The second kappa shape index (κ2) is 5.34. The molecule has 0 aromatic heterocycles. The fourth-order valence-electron chi connectivity index (χ4n) is 1.25. The molecule has 78 valence electrons. The quantitative estimate of drug-likeness (QED) is 0.526. The highest BCUT2D eigenvalue weighted by molar-refractivity contribution is 9.10. The summed E-state index contributed by atoms with van der Waals surface area (Å²) >= 11 is 7.41. The summed E-state index contributed by atoms with van der Waals surface area (Å²) < 4.78 is 0. The van der Waals surface area contributed by atoms with Gasteiger partial charge in [-0.25, -0.2) is 0 Å². The number of benzene rings is 1. The van der Waals surface area contributed by atoms with Crippen molar-refractivity contribution in [3.05, 3.63) is 29.3 Å². The van der Waals surface area contributed by atoms with Gasteiger partial charge >= 0.3 is 0 Å². The molecular weight excluding hydrogens is 274 g/mol. The lowest BCUT2D eigenvalue weighted by Crippen LogP contribution is -2.12. The highest BCUT2D eigenvalue weighted by atomic mass is 79.9. The van der Waals surface area contributed by atoms with Gasteiger partial charge in [0.05, 0.1) is 17.3 Å². The minimum Gasteiger partial charge on any atom is -0.293 e. The smallest absolute Gasteiger partial charge is 0.176 e. The number of halogens is 1. The summed E-state index contributed by atoms with van der Waals surface area (Å²) in [6, 6.07) is 7.30. The maximum absolute atomic E-state index is 11.8. The van der Waals surface area contributed by atoms with E-state index in [9.17, 15) is 4.79 Å².